The minimum absolute atomic E-state index is 0.118. The summed E-state index contributed by atoms with van der Waals surface area (Å²) in [6.45, 7) is 1.35. The normalized spacial score (nSPS) is 14.4. The van der Waals surface area contributed by atoms with Crippen molar-refractivity contribution in [3.8, 4) is 0 Å². The molecule has 0 saturated carbocycles. The van der Waals surface area contributed by atoms with Gasteiger partial charge >= 0.3 is 0 Å². The van der Waals surface area contributed by atoms with Crippen molar-refractivity contribution in [3.63, 3.8) is 0 Å². The maximum absolute atomic E-state index is 12.7. The number of aromatic nitrogens is 3. The number of H-pyrrole nitrogens is 1. The van der Waals surface area contributed by atoms with E-state index in [9.17, 15) is 4.79 Å². The van der Waals surface area contributed by atoms with Gasteiger partial charge in [-0.2, -0.15) is 0 Å². The van der Waals surface area contributed by atoms with Crippen LogP contribution in [0.5, 0.6) is 0 Å². The highest BCUT2D eigenvalue weighted by atomic mass is 35.5. The highest BCUT2D eigenvalue weighted by molar-refractivity contribution is 7.15. The number of benzene rings is 1. The number of carbonyl (C=O) groups is 1. The number of thiazole rings is 1. The van der Waals surface area contributed by atoms with Gasteiger partial charge in [-0.25, -0.2) is 4.98 Å². The third kappa shape index (κ3) is 2.53. The molecule has 1 amide bonds. The highest BCUT2D eigenvalue weighted by Crippen LogP contribution is 2.30. The fraction of sp³-hybridized carbons (Fsp3) is 0.222. The minimum atomic E-state index is 0.118. The maximum Gasteiger partial charge on any atom is 0.228 e. The van der Waals surface area contributed by atoms with Gasteiger partial charge in [0.05, 0.1) is 12.1 Å². The number of hydrogen-bond acceptors (Lipinski definition) is 3. The van der Waals surface area contributed by atoms with Crippen LogP contribution >= 0.6 is 22.9 Å². The lowest BCUT2D eigenvalue weighted by molar-refractivity contribution is -0.131. The Morgan fingerprint density at radius 2 is 2.32 bits per heavy atom. The van der Waals surface area contributed by atoms with Crippen molar-refractivity contribution in [2.75, 3.05) is 6.54 Å². The summed E-state index contributed by atoms with van der Waals surface area (Å²) in [6.07, 6.45) is 5.08. The van der Waals surface area contributed by atoms with Crippen LogP contribution in [0.1, 0.15) is 17.0 Å². The van der Waals surface area contributed by atoms with Gasteiger partial charge in [0.15, 0.2) is 4.96 Å². The topological polar surface area (TPSA) is 53.4 Å². The number of halogens is 1. The summed E-state index contributed by atoms with van der Waals surface area (Å²) in [5.74, 6) is 0.118. The Morgan fingerprint density at radius 1 is 1.40 bits per heavy atom. The van der Waals surface area contributed by atoms with Crippen molar-refractivity contribution in [1.29, 1.82) is 0 Å². The first-order chi connectivity index (χ1) is 12.2. The Balaban J connectivity index is 1.40. The van der Waals surface area contributed by atoms with Crippen molar-refractivity contribution in [1.82, 2.24) is 19.3 Å². The monoisotopic (exact) mass is 370 g/mol. The van der Waals surface area contributed by atoms with Crippen LogP contribution in [-0.2, 0) is 24.2 Å². The van der Waals surface area contributed by atoms with E-state index in [2.05, 4.69) is 9.97 Å². The molecule has 0 bridgehead atoms. The van der Waals surface area contributed by atoms with Gasteiger partial charge in [-0.1, -0.05) is 11.6 Å². The molecule has 25 heavy (non-hydrogen) atoms. The van der Waals surface area contributed by atoms with Gasteiger partial charge in [-0.15, -0.1) is 11.3 Å². The van der Waals surface area contributed by atoms with Gasteiger partial charge in [0.2, 0.25) is 5.91 Å². The zero-order valence-corrected chi connectivity index (χ0v) is 14.9. The van der Waals surface area contributed by atoms with Crippen molar-refractivity contribution >= 4 is 44.7 Å². The summed E-state index contributed by atoms with van der Waals surface area (Å²) >= 11 is 7.72. The molecule has 3 aromatic heterocycles. The molecule has 5 nitrogen and oxygen atoms in total. The van der Waals surface area contributed by atoms with E-state index < -0.39 is 0 Å². The second-order valence-electron chi connectivity index (χ2n) is 6.34. The molecule has 0 aliphatic carbocycles. The van der Waals surface area contributed by atoms with Crippen molar-refractivity contribution < 1.29 is 4.79 Å². The SMILES string of the molecule is O=C(Cc1cn2ccsc2n1)N1CCc2[nH]c3ccc(Cl)cc3c2C1. The molecule has 0 radical (unpaired) electrons. The van der Waals surface area contributed by atoms with E-state index in [1.165, 1.54) is 11.3 Å². The number of nitrogens with zero attached hydrogens (tertiary/aromatic N) is 3. The number of aromatic amines is 1. The number of amides is 1. The minimum Gasteiger partial charge on any atom is -0.358 e. The number of nitrogens with one attached hydrogen (secondary N) is 1. The van der Waals surface area contributed by atoms with Crippen LogP contribution in [0.15, 0.2) is 36.0 Å². The van der Waals surface area contributed by atoms with Crippen LogP contribution in [0.3, 0.4) is 0 Å². The molecule has 0 unspecified atom stereocenters. The van der Waals surface area contributed by atoms with Gasteiger partial charge in [0.25, 0.3) is 0 Å². The highest BCUT2D eigenvalue weighted by Gasteiger charge is 2.24. The summed E-state index contributed by atoms with van der Waals surface area (Å²) in [5, 5.41) is 3.82. The lowest BCUT2D eigenvalue weighted by atomic mass is 10.0. The van der Waals surface area contributed by atoms with Crippen molar-refractivity contribution in [2.24, 2.45) is 0 Å². The number of imidazole rings is 1. The summed E-state index contributed by atoms with van der Waals surface area (Å²) in [5.41, 5.74) is 4.30. The lowest BCUT2D eigenvalue weighted by Crippen LogP contribution is -2.36. The molecule has 4 heterocycles. The van der Waals surface area contributed by atoms with Crippen molar-refractivity contribution in [2.45, 2.75) is 19.4 Å². The largest absolute Gasteiger partial charge is 0.358 e. The molecule has 4 aromatic rings. The maximum atomic E-state index is 12.7. The summed E-state index contributed by atoms with van der Waals surface area (Å²) in [4.78, 5) is 23.6. The Hall–Kier alpha value is -2.31. The average Bonchev–Trinajstić information content (AvgIpc) is 3.27. The summed E-state index contributed by atoms with van der Waals surface area (Å²) in [7, 11) is 0. The van der Waals surface area contributed by atoms with Crippen LogP contribution in [0.2, 0.25) is 5.02 Å². The molecule has 0 fully saturated rings. The predicted octanol–water partition coefficient (Wildman–Crippen LogP) is 3.66. The molecule has 126 valence electrons. The zero-order chi connectivity index (χ0) is 17.0. The molecule has 0 atom stereocenters. The van der Waals surface area contributed by atoms with Gasteiger partial charge in [0, 0.05) is 64.5 Å². The second-order valence-corrected chi connectivity index (χ2v) is 7.65. The lowest BCUT2D eigenvalue weighted by Gasteiger charge is -2.27. The smallest absolute Gasteiger partial charge is 0.228 e. The Bertz CT molecular complexity index is 1080. The quantitative estimate of drug-likeness (QED) is 0.585. The third-order valence-corrected chi connectivity index (χ3v) is 5.77. The number of rotatable bonds is 2. The van der Waals surface area contributed by atoms with Gasteiger partial charge < -0.3 is 9.88 Å². The van der Waals surface area contributed by atoms with E-state index in [0.717, 1.165) is 39.5 Å². The Morgan fingerprint density at radius 3 is 3.20 bits per heavy atom. The molecule has 1 N–H and O–H groups in total. The average molecular weight is 371 g/mol. The molecule has 5 rings (SSSR count). The molecular weight excluding hydrogens is 356 g/mol. The Kier molecular flexibility index (Phi) is 3.36. The molecule has 0 spiro atoms. The molecule has 1 aromatic carbocycles. The molecule has 1 aliphatic rings. The molecule has 7 heteroatoms. The van der Waals surface area contributed by atoms with Gasteiger partial charge in [-0.3, -0.25) is 9.20 Å². The first kappa shape index (κ1) is 15.0. The van der Waals surface area contributed by atoms with Crippen LogP contribution < -0.4 is 0 Å². The van der Waals surface area contributed by atoms with E-state index in [1.54, 1.807) is 11.3 Å². The molecule has 0 saturated heterocycles. The summed E-state index contributed by atoms with van der Waals surface area (Å²) < 4.78 is 1.96. The van der Waals surface area contributed by atoms with E-state index in [1.807, 2.05) is 45.3 Å². The number of hydrogen-bond donors (Lipinski definition) is 1. The Labute approximate surface area is 152 Å². The fourth-order valence-corrected chi connectivity index (χ4v) is 4.42. The molecular formula is C18H15ClN4OS. The number of fused-ring (bicyclic) bond motifs is 4. The summed E-state index contributed by atoms with van der Waals surface area (Å²) in [6, 6.07) is 5.86. The fourth-order valence-electron chi connectivity index (χ4n) is 3.53. The van der Waals surface area contributed by atoms with Gasteiger partial charge in [0.1, 0.15) is 0 Å². The van der Waals surface area contributed by atoms with Crippen molar-refractivity contribution in [3.05, 3.63) is 57.9 Å². The first-order valence-electron chi connectivity index (χ1n) is 8.15. The van der Waals surface area contributed by atoms with Crippen LogP contribution in [0.4, 0.5) is 0 Å². The molecule has 1 aliphatic heterocycles. The van der Waals surface area contributed by atoms with Crippen LogP contribution in [-0.4, -0.2) is 31.7 Å². The van der Waals surface area contributed by atoms with Crippen LogP contribution in [0.25, 0.3) is 15.9 Å². The van der Waals surface area contributed by atoms with Crippen LogP contribution in [0, 0.1) is 0 Å². The standard InChI is InChI=1S/C18H15ClN4OS/c19-11-1-2-15-13(7-11)14-10-22(4-3-16(14)21-15)17(24)8-12-9-23-5-6-25-18(23)20-12/h1-2,5-7,9,21H,3-4,8,10H2. The second kappa shape index (κ2) is 5.61. The van der Waals surface area contributed by atoms with Gasteiger partial charge in [-0.05, 0) is 18.2 Å². The van der Waals surface area contributed by atoms with E-state index in [0.29, 0.717) is 13.0 Å². The number of carbonyl (C=O) groups excluding carboxylic acids is 1. The first-order valence-corrected chi connectivity index (χ1v) is 9.41. The van der Waals surface area contributed by atoms with E-state index >= 15 is 0 Å². The zero-order valence-electron chi connectivity index (χ0n) is 13.3. The third-order valence-electron chi connectivity index (χ3n) is 4.77. The van der Waals surface area contributed by atoms with E-state index in [4.69, 9.17) is 11.6 Å². The van der Waals surface area contributed by atoms with E-state index in [-0.39, 0.29) is 5.91 Å². The predicted molar refractivity (Wildman–Crippen MR) is 99.2 cm³/mol.